The first kappa shape index (κ1) is 14.2. The first-order valence-corrected chi connectivity index (χ1v) is 7.24. The van der Waals surface area contributed by atoms with Crippen LogP contribution < -0.4 is 0 Å². The van der Waals surface area contributed by atoms with Gasteiger partial charge in [-0.2, -0.15) is 0 Å². The molecule has 1 rings (SSSR count). The van der Waals surface area contributed by atoms with Gasteiger partial charge in [0.25, 0.3) is 0 Å². The van der Waals surface area contributed by atoms with Crippen molar-refractivity contribution in [1.82, 2.24) is 0 Å². The lowest BCUT2D eigenvalue weighted by Gasteiger charge is -2.09. The Kier molecular flexibility index (Phi) is 6.01. The summed E-state index contributed by atoms with van der Waals surface area (Å²) in [6.45, 7) is 2.01. The van der Waals surface area contributed by atoms with E-state index in [1.165, 1.54) is 0 Å². The van der Waals surface area contributed by atoms with Crippen LogP contribution in [-0.4, -0.2) is 10.6 Å². The minimum Gasteiger partial charge on any atom is -0.298 e. The normalized spacial score (nSPS) is 12.5. The van der Waals surface area contributed by atoms with Gasteiger partial charge in [-0.15, -0.1) is 0 Å². The van der Waals surface area contributed by atoms with Crippen molar-refractivity contribution >= 4 is 49.2 Å². The lowest BCUT2D eigenvalue weighted by atomic mass is 10.1. The highest BCUT2D eigenvalue weighted by Crippen LogP contribution is 2.24. The summed E-state index contributed by atoms with van der Waals surface area (Å²) in [6.07, 6.45) is 2.20. The smallest absolute Gasteiger partial charge is 0.146 e. The molecule has 0 aliphatic heterocycles. The zero-order chi connectivity index (χ0) is 12.1. The number of carbonyl (C=O) groups excluding carboxylic acids is 1. The molecule has 0 N–H and O–H groups in total. The van der Waals surface area contributed by atoms with E-state index in [0.29, 0.717) is 17.9 Å². The van der Waals surface area contributed by atoms with Crippen molar-refractivity contribution in [2.75, 3.05) is 0 Å². The predicted octanol–water partition coefficient (Wildman–Crippen LogP) is 4.78. The van der Waals surface area contributed by atoms with Crippen molar-refractivity contribution in [2.24, 2.45) is 0 Å². The highest BCUT2D eigenvalue weighted by molar-refractivity contribution is 9.10. The number of benzene rings is 1. The molecule has 1 unspecified atom stereocenters. The summed E-state index contributed by atoms with van der Waals surface area (Å²) in [6, 6.07) is 5.77. The number of Topliss-reactive ketones (excluding diaryl/α,β-unsaturated/α-hetero) is 1. The van der Waals surface area contributed by atoms with Crippen LogP contribution in [0.4, 0.5) is 0 Å². The fourth-order valence-electron chi connectivity index (χ4n) is 1.39. The van der Waals surface area contributed by atoms with Crippen molar-refractivity contribution in [1.29, 1.82) is 0 Å². The number of alkyl halides is 1. The standard InChI is InChI=1S/C12H13Br2ClO/c1-2-3-12(16)10(14)6-8-4-5-9(13)11(15)7-8/h4-5,7,10H,2-3,6H2,1H3. The molecular weight excluding hydrogens is 355 g/mol. The molecule has 0 spiro atoms. The van der Waals surface area contributed by atoms with Crippen molar-refractivity contribution in [3.63, 3.8) is 0 Å². The number of hydrogen-bond acceptors (Lipinski definition) is 1. The van der Waals surface area contributed by atoms with Gasteiger partial charge in [0.1, 0.15) is 5.78 Å². The summed E-state index contributed by atoms with van der Waals surface area (Å²) in [5, 5.41) is 0.681. The first-order valence-electron chi connectivity index (χ1n) is 5.15. The summed E-state index contributed by atoms with van der Waals surface area (Å²) in [5.74, 6) is 0.251. The molecule has 0 amide bonds. The molecule has 0 bridgehead atoms. The molecule has 1 aromatic rings. The Labute approximate surface area is 118 Å². The maximum Gasteiger partial charge on any atom is 0.146 e. The zero-order valence-corrected chi connectivity index (χ0v) is 12.9. The van der Waals surface area contributed by atoms with Gasteiger partial charge >= 0.3 is 0 Å². The van der Waals surface area contributed by atoms with Crippen molar-refractivity contribution in [2.45, 2.75) is 31.0 Å². The molecule has 4 heteroatoms. The van der Waals surface area contributed by atoms with Crippen LogP contribution in [-0.2, 0) is 11.2 Å². The molecule has 1 atom stereocenters. The minimum atomic E-state index is -0.107. The summed E-state index contributed by atoms with van der Waals surface area (Å²) < 4.78 is 0.879. The van der Waals surface area contributed by atoms with Gasteiger partial charge in [0.15, 0.2) is 0 Å². The van der Waals surface area contributed by atoms with Gasteiger partial charge in [-0.3, -0.25) is 4.79 Å². The van der Waals surface area contributed by atoms with Gasteiger partial charge in [0, 0.05) is 10.9 Å². The summed E-state index contributed by atoms with van der Waals surface area (Å²) >= 11 is 12.7. The lowest BCUT2D eigenvalue weighted by molar-refractivity contribution is -0.118. The average molecular weight is 368 g/mol. The maximum absolute atomic E-state index is 11.6. The molecule has 0 heterocycles. The van der Waals surface area contributed by atoms with Gasteiger partial charge in [-0.05, 0) is 46.5 Å². The molecule has 0 saturated carbocycles. The lowest BCUT2D eigenvalue weighted by Crippen LogP contribution is -2.16. The fraction of sp³-hybridized carbons (Fsp3) is 0.417. The molecule has 0 aliphatic rings. The summed E-state index contributed by atoms with van der Waals surface area (Å²) in [4.78, 5) is 11.5. The van der Waals surface area contributed by atoms with E-state index in [2.05, 4.69) is 31.9 Å². The molecule has 0 saturated heterocycles. The van der Waals surface area contributed by atoms with E-state index >= 15 is 0 Å². The Hall–Kier alpha value is 0.140. The third-order valence-corrected chi connectivity index (χ3v) is 4.31. The number of ketones is 1. The van der Waals surface area contributed by atoms with Crippen LogP contribution in [0.5, 0.6) is 0 Å². The molecule has 1 aromatic carbocycles. The summed E-state index contributed by atoms with van der Waals surface area (Å²) in [7, 11) is 0. The zero-order valence-electron chi connectivity index (χ0n) is 8.97. The van der Waals surface area contributed by atoms with Crippen LogP contribution in [0.1, 0.15) is 25.3 Å². The van der Waals surface area contributed by atoms with Crippen molar-refractivity contribution < 1.29 is 4.79 Å². The Morgan fingerprint density at radius 1 is 1.50 bits per heavy atom. The first-order chi connectivity index (χ1) is 7.54. The van der Waals surface area contributed by atoms with E-state index in [4.69, 9.17) is 11.6 Å². The number of hydrogen-bond donors (Lipinski definition) is 0. The molecular formula is C12H13Br2ClO. The SMILES string of the molecule is CCCC(=O)C(Br)Cc1ccc(Br)c(Cl)c1. The van der Waals surface area contributed by atoms with Crippen LogP contribution >= 0.6 is 43.5 Å². The molecule has 88 valence electrons. The van der Waals surface area contributed by atoms with Gasteiger partial charge in [-0.1, -0.05) is 40.5 Å². The van der Waals surface area contributed by atoms with E-state index in [9.17, 15) is 4.79 Å². The number of halogens is 3. The second kappa shape index (κ2) is 6.77. The third kappa shape index (κ3) is 4.19. The second-order valence-corrected chi connectivity index (χ2v) is 6.00. The highest BCUT2D eigenvalue weighted by Gasteiger charge is 2.14. The monoisotopic (exact) mass is 366 g/mol. The highest BCUT2D eigenvalue weighted by atomic mass is 79.9. The van der Waals surface area contributed by atoms with E-state index in [0.717, 1.165) is 16.5 Å². The van der Waals surface area contributed by atoms with Gasteiger partial charge in [0.2, 0.25) is 0 Å². The molecule has 0 aliphatic carbocycles. The van der Waals surface area contributed by atoms with Gasteiger partial charge < -0.3 is 0 Å². The number of carbonyl (C=O) groups is 1. The van der Waals surface area contributed by atoms with Crippen LogP contribution in [0.15, 0.2) is 22.7 Å². The Bertz CT molecular complexity index is 379. The molecule has 16 heavy (non-hydrogen) atoms. The third-order valence-electron chi connectivity index (χ3n) is 2.24. The number of rotatable bonds is 5. The fourth-order valence-corrected chi connectivity index (χ4v) is 2.44. The van der Waals surface area contributed by atoms with E-state index < -0.39 is 0 Å². The van der Waals surface area contributed by atoms with E-state index in [1.807, 2.05) is 25.1 Å². The minimum absolute atomic E-state index is 0.107. The van der Waals surface area contributed by atoms with Crippen LogP contribution in [0.2, 0.25) is 5.02 Å². The Morgan fingerprint density at radius 3 is 2.75 bits per heavy atom. The summed E-state index contributed by atoms with van der Waals surface area (Å²) in [5.41, 5.74) is 1.07. The molecule has 0 fully saturated rings. The molecule has 1 nitrogen and oxygen atoms in total. The van der Waals surface area contributed by atoms with Gasteiger partial charge in [-0.25, -0.2) is 0 Å². The van der Waals surface area contributed by atoms with Crippen LogP contribution in [0, 0.1) is 0 Å². The quantitative estimate of drug-likeness (QED) is 0.684. The predicted molar refractivity (Wildman–Crippen MR) is 75.5 cm³/mol. The van der Waals surface area contributed by atoms with Crippen LogP contribution in [0.3, 0.4) is 0 Å². The molecule has 0 aromatic heterocycles. The van der Waals surface area contributed by atoms with E-state index in [-0.39, 0.29) is 10.6 Å². The Morgan fingerprint density at radius 2 is 2.19 bits per heavy atom. The largest absolute Gasteiger partial charge is 0.298 e. The molecule has 0 radical (unpaired) electrons. The van der Waals surface area contributed by atoms with Crippen molar-refractivity contribution in [3.8, 4) is 0 Å². The second-order valence-electron chi connectivity index (χ2n) is 3.64. The van der Waals surface area contributed by atoms with Gasteiger partial charge in [0.05, 0.1) is 9.85 Å². The average Bonchev–Trinajstić information content (AvgIpc) is 2.24. The maximum atomic E-state index is 11.6. The van der Waals surface area contributed by atoms with Crippen LogP contribution in [0.25, 0.3) is 0 Å². The van der Waals surface area contributed by atoms with E-state index in [1.54, 1.807) is 0 Å². The van der Waals surface area contributed by atoms with Crippen molar-refractivity contribution in [3.05, 3.63) is 33.3 Å². The topological polar surface area (TPSA) is 17.1 Å². The Balaban J connectivity index is 2.66.